The van der Waals surface area contributed by atoms with Gasteiger partial charge in [-0.15, -0.1) is 0 Å². The van der Waals surface area contributed by atoms with Crippen molar-refractivity contribution in [3.05, 3.63) is 0 Å². The Kier molecular flexibility index (Phi) is 2.21. The predicted molar refractivity (Wildman–Crippen MR) is 54.2 cm³/mol. The Morgan fingerprint density at radius 3 is 3.13 bits per heavy atom. The van der Waals surface area contributed by atoms with Crippen LogP contribution in [0.1, 0.15) is 32.1 Å². The fourth-order valence-corrected chi connectivity index (χ4v) is 3.11. The van der Waals surface area contributed by atoms with Crippen LogP contribution in [0, 0.1) is 5.92 Å². The molecule has 0 aromatic rings. The second-order valence-corrected chi connectivity index (χ2v) is 4.86. The van der Waals surface area contributed by atoms with Crippen molar-refractivity contribution in [3.63, 3.8) is 0 Å². The third kappa shape index (κ3) is 1.47. The Labute approximate surface area is 89.2 Å². The molecule has 3 atom stereocenters. The van der Waals surface area contributed by atoms with Crippen molar-refractivity contribution in [3.8, 4) is 0 Å². The van der Waals surface area contributed by atoms with E-state index in [0.717, 1.165) is 44.6 Å². The van der Waals surface area contributed by atoms with Crippen LogP contribution in [0.15, 0.2) is 5.16 Å². The fourth-order valence-electron chi connectivity index (χ4n) is 3.11. The molecule has 3 aliphatic rings. The van der Waals surface area contributed by atoms with E-state index in [2.05, 4.69) is 5.16 Å². The average Bonchev–Trinajstić information content (AvgIpc) is 3.05. The van der Waals surface area contributed by atoms with E-state index >= 15 is 0 Å². The topological polar surface area (TPSA) is 54.4 Å². The summed E-state index contributed by atoms with van der Waals surface area (Å²) < 4.78 is 11.4. The van der Waals surface area contributed by atoms with Crippen LogP contribution in [-0.2, 0) is 9.47 Å². The van der Waals surface area contributed by atoms with Crippen LogP contribution in [0.5, 0.6) is 0 Å². The largest absolute Gasteiger partial charge is 0.411 e. The molecular weight excluding hydrogens is 194 g/mol. The normalized spacial score (nSPS) is 47.6. The van der Waals surface area contributed by atoms with Gasteiger partial charge in [0.15, 0.2) is 0 Å². The van der Waals surface area contributed by atoms with Gasteiger partial charge in [0, 0.05) is 6.61 Å². The highest BCUT2D eigenvalue weighted by molar-refractivity contribution is 5.84. The summed E-state index contributed by atoms with van der Waals surface area (Å²) in [5.74, 6) is 0.502. The van der Waals surface area contributed by atoms with Gasteiger partial charge in [0.05, 0.1) is 18.4 Å². The average molecular weight is 211 g/mol. The van der Waals surface area contributed by atoms with Gasteiger partial charge in [0.1, 0.15) is 5.60 Å². The van der Waals surface area contributed by atoms with Crippen molar-refractivity contribution < 1.29 is 14.7 Å². The molecule has 1 N–H and O–H groups in total. The Morgan fingerprint density at radius 1 is 1.40 bits per heavy atom. The Bertz CT molecular complexity index is 292. The highest BCUT2D eigenvalue weighted by Gasteiger charge is 2.62. The molecule has 84 valence electrons. The third-order valence-electron chi connectivity index (χ3n) is 4.03. The van der Waals surface area contributed by atoms with Gasteiger partial charge in [0.2, 0.25) is 0 Å². The van der Waals surface area contributed by atoms with Gasteiger partial charge in [-0.2, -0.15) is 0 Å². The third-order valence-corrected chi connectivity index (χ3v) is 4.03. The molecule has 4 nitrogen and oxygen atoms in total. The molecule has 3 fully saturated rings. The van der Waals surface area contributed by atoms with Gasteiger partial charge in [-0.3, -0.25) is 0 Å². The first kappa shape index (κ1) is 9.60. The minimum absolute atomic E-state index is 0.0192. The molecule has 0 radical (unpaired) electrons. The summed E-state index contributed by atoms with van der Waals surface area (Å²) in [5, 5.41) is 12.2. The van der Waals surface area contributed by atoms with E-state index in [-0.39, 0.29) is 5.60 Å². The molecule has 2 aliphatic heterocycles. The number of nitrogens with zero attached hydrogens (tertiary/aromatic N) is 1. The van der Waals surface area contributed by atoms with Gasteiger partial charge < -0.3 is 14.7 Å². The lowest BCUT2D eigenvalue weighted by Crippen LogP contribution is -2.38. The molecule has 3 rings (SSSR count). The van der Waals surface area contributed by atoms with Crippen LogP contribution in [-0.4, -0.2) is 35.8 Å². The summed E-state index contributed by atoms with van der Waals surface area (Å²) in [7, 11) is 0. The van der Waals surface area contributed by atoms with E-state index in [9.17, 15) is 0 Å². The summed E-state index contributed by atoms with van der Waals surface area (Å²) in [6.45, 7) is 1.57. The second-order valence-electron chi connectivity index (χ2n) is 4.86. The molecular formula is C11H17NO3. The fraction of sp³-hybridized carbons (Fsp3) is 0.909. The van der Waals surface area contributed by atoms with Gasteiger partial charge in [-0.05, 0) is 38.0 Å². The van der Waals surface area contributed by atoms with Crippen molar-refractivity contribution in [2.24, 2.45) is 11.1 Å². The zero-order chi connectivity index (χ0) is 10.3. The standard InChI is InChI=1S/C11H17NO3/c13-12-9-3-1-2-8(6-9)11-7-14-5-4-10(11)15-11/h8,10,13H,1-7H2. The summed E-state index contributed by atoms with van der Waals surface area (Å²) in [4.78, 5) is 0. The smallest absolute Gasteiger partial charge is 0.121 e. The van der Waals surface area contributed by atoms with E-state index in [4.69, 9.17) is 14.7 Å². The van der Waals surface area contributed by atoms with E-state index < -0.39 is 0 Å². The van der Waals surface area contributed by atoms with Crippen LogP contribution < -0.4 is 0 Å². The minimum Gasteiger partial charge on any atom is -0.411 e. The van der Waals surface area contributed by atoms with Crippen molar-refractivity contribution in [2.75, 3.05) is 13.2 Å². The molecule has 2 heterocycles. The SMILES string of the molecule is ON=C1CCCC(C23COCCC2O3)C1. The van der Waals surface area contributed by atoms with Gasteiger partial charge in [-0.25, -0.2) is 0 Å². The van der Waals surface area contributed by atoms with Crippen LogP contribution in [0.3, 0.4) is 0 Å². The first-order valence-electron chi connectivity index (χ1n) is 5.80. The summed E-state index contributed by atoms with van der Waals surface area (Å²) in [6, 6.07) is 0. The molecule has 1 aliphatic carbocycles. The van der Waals surface area contributed by atoms with E-state index in [1.165, 1.54) is 6.42 Å². The molecule has 0 spiro atoms. The molecule has 15 heavy (non-hydrogen) atoms. The second kappa shape index (κ2) is 3.46. The zero-order valence-electron chi connectivity index (χ0n) is 8.82. The van der Waals surface area contributed by atoms with Gasteiger partial charge >= 0.3 is 0 Å². The number of fused-ring (bicyclic) bond motifs is 1. The number of oxime groups is 1. The van der Waals surface area contributed by atoms with Crippen molar-refractivity contribution in [2.45, 2.75) is 43.8 Å². The molecule has 0 aromatic heterocycles. The number of rotatable bonds is 1. The summed E-state index contributed by atoms with van der Waals surface area (Å²) in [6.07, 6.45) is 5.56. The van der Waals surface area contributed by atoms with Crippen molar-refractivity contribution in [1.82, 2.24) is 0 Å². The maximum absolute atomic E-state index is 8.82. The number of hydrogen-bond donors (Lipinski definition) is 1. The van der Waals surface area contributed by atoms with Crippen molar-refractivity contribution in [1.29, 1.82) is 0 Å². The molecule has 3 unspecified atom stereocenters. The van der Waals surface area contributed by atoms with Crippen LogP contribution in [0.4, 0.5) is 0 Å². The molecule has 0 amide bonds. The first-order chi connectivity index (χ1) is 7.35. The number of epoxide rings is 1. The lowest BCUT2D eigenvalue weighted by molar-refractivity contribution is 0.0425. The molecule has 2 saturated heterocycles. The van der Waals surface area contributed by atoms with E-state index in [0.29, 0.717) is 12.0 Å². The Morgan fingerprint density at radius 2 is 2.33 bits per heavy atom. The predicted octanol–water partition coefficient (Wildman–Crippen LogP) is 1.56. The van der Waals surface area contributed by atoms with Crippen molar-refractivity contribution >= 4 is 5.71 Å². The summed E-state index contributed by atoms with van der Waals surface area (Å²) >= 11 is 0. The first-order valence-corrected chi connectivity index (χ1v) is 5.80. The maximum Gasteiger partial charge on any atom is 0.121 e. The van der Waals surface area contributed by atoms with E-state index in [1.807, 2.05) is 0 Å². The lowest BCUT2D eigenvalue weighted by atomic mass is 9.76. The Balaban J connectivity index is 1.72. The lowest BCUT2D eigenvalue weighted by Gasteiger charge is -2.30. The minimum atomic E-state index is -0.0192. The Hall–Kier alpha value is -0.610. The van der Waals surface area contributed by atoms with Crippen LogP contribution >= 0.6 is 0 Å². The number of ether oxygens (including phenoxy) is 2. The van der Waals surface area contributed by atoms with Crippen LogP contribution in [0.25, 0.3) is 0 Å². The van der Waals surface area contributed by atoms with Gasteiger partial charge in [0.25, 0.3) is 0 Å². The highest BCUT2D eigenvalue weighted by atomic mass is 16.6. The summed E-state index contributed by atoms with van der Waals surface area (Å²) in [5.41, 5.74) is 0.912. The molecule has 0 bridgehead atoms. The molecule has 0 aromatic carbocycles. The maximum atomic E-state index is 8.82. The molecule has 4 heteroatoms. The van der Waals surface area contributed by atoms with E-state index in [1.54, 1.807) is 0 Å². The number of hydrogen-bond acceptors (Lipinski definition) is 4. The van der Waals surface area contributed by atoms with Gasteiger partial charge in [-0.1, -0.05) is 5.16 Å². The highest BCUT2D eigenvalue weighted by Crippen LogP contribution is 2.51. The zero-order valence-corrected chi connectivity index (χ0v) is 8.82. The van der Waals surface area contributed by atoms with Crippen LogP contribution in [0.2, 0.25) is 0 Å². The monoisotopic (exact) mass is 211 g/mol. The quantitative estimate of drug-likeness (QED) is 0.407. The molecule has 1 saturated carbocycles.